The summed E-state index contributed by atoms with van der Waals surface area (Å²) in [5.74, 6) is 0. The highest BCUT2D eigenvalue weighted by Crippen LogP contribution is 2.19. The Morgan fingerprint density at radius 2 is 2.22 bits per heavy atom. The predicted octanol–water partition coefficient (Wildman–Crippen LogP) is 2.29. The largest absolute Gasteiger partial charge is 0.308 e. The molecule has 0 saturated carbocycles. The molecule has 4 heteroatoms. The van der Waals surface area contributed by atoms with E-state index in [1.807, 2.05) is 11.7 Å². The minimum absolute atomic E-state index is 0.452. The van der Waals surface area contributed by atoms with Crippen LogP contribution in [0.2, 0.25) is 0 Å². The van der Waals surface area contributed by atoms with Crippen LogP contribution >= 0.6 is 11.3 Å². The van der Waals surface area contributed by atoms with Crippen molar-refractivity contribution in [3.8, 4) is 0 Å². The van der Waals surface area contributed by atoms with Crippen LogP contribution in [0.5, 0.6) is 0 Å². The maximum atomic E-state index is 4.14. The molecule has 0 spiro atoms. The fourth-order valence-electron chi connectivity index (χ4n) is 2.40. The lowest BCUT2D eigenvalue weighted by Crippen LogP contribution is -2.45. The Kier molecular flexibility index (Phi) is 3.69. The zero-order valence-corrected chi connectivity index (χ0v) is 11.1. The molecule has 1 fully saturated rings. The summed E-state index contributed by atoms with van der Waals surface area (Å²) in [7, 11) is 0. The van der Waals surface area contributed by atoms with Crippen molar-refractivity contribution < 1.29 is 0 Å². The lowest BCUT2D eigenvalue weighted by atomic mass is 10.0. The van der Waals surface area contributed by atoms with Gasteiger partial charge in [-0.2, -0.15) is 0 Å². The first-order valence-corrected chi connectivity index (χ1v) is 7.18. The van der Waals surface area contributed by atoms with Gasteiger partial charge in [0.1, 0.15) is 0 Å². The topological polar surface area (TPSA) is 28.2 Å². The van der Waals surface area contributed by atoms with E-state index in [2.05, 4.69) is 45.5 Å². The van der Waals surface area contributed by atoms with Crippen molar-refractivity contribution in [1.29, 1.82) is 0 Å². The van der Waals surface area contributed by atoms with Crippen molar-refractivity contribution in [1.82, 2.24) is 15.2 Å². The number of hydrogen-bond donors (Lipinski definition) is 1. The summed E-state index contributed by atoms with van der Waals surface area (Å²) < 4.78 is 0. The molecule has 0 aliphatic carbocycles. The minimum Gasteiger partial charge on any atom is -0.308 e. The van der Waals surface area contributed by atoms with Gasteiger partial charge in [-0.25, -0.2) is 0 Å². The number of benzene rings is 1. The molecule has 0 amide bonds. The van der Waals surface area contributed by atoms with Gasteiger partial charge >= 0.3 is 0 Å². The van der Waals surface area contributed by atoms with E-state index in [9.17, 15) is 0 Å². The first-order valence-electron chi connectivity index (χ1n) is 6.30. The van der Waals surface area contributed by atoms with E-state index in [-0.39, 0.29) is 0 Å². The molecule has 1 aromatic heterocycles. The van der Waals surface area contributed by atoms with Crippen LogP contribution in [0.4, 0.5) is 0 Å². The van der Waals surface area contributed by atoms with E-state index < -0.39 is 0 Å². The fourth-order valence-corrected chi connectivity index (χ4v) is 3.04. The summed E-state index contributed by atoms with van der Waals surface area (Å²) in [6.45, 7) is 4.26. The minimum atomic E-state index is 0.452. The average Bonchev–Trinajstić information content (AvgIpc) is 2.93. The van der Waals surface area contributed by atoms with E-state index >= 15 is 0 Å². The zero-order chi connectivity index (χ0) is 12.2. The fraction of sp³-hybridized carbons (Fsp3) is 0.357. The molecule has 3 nitrogen and oxygen atoms in total. The Balaban J connectivity index is 1.65. The quantitative estimate of drug-likeness (QED) is 0.916. The van der Waals surface area contributed by atoms with Crippen molar-refractivity contribution >= 4 is 11.3 Å². The summed E-state index contributed by atoms with van der Waals surface area (Å²) in [6.07, 6.45) is 1.98. The molecule has 0 radical (unpaired) electrons. The van der Waals surface area contributed by atoms with Gasteiger partial charge in [0, 0.05) is 43.3 Å². The molecule has 18 heavy (non-hydrogen) atoms. The molecule has 1 aliphatic heterocycles. The summed E-state index contributed by atoms with van der Waals surface area (Å²) in [4.78, 5) is 7.99. The maximum Gasteiger partial charge on any atom is 0.0794 e. The molecule has 1 aromatic carbocycles. The highest BCUT2D eigenvalue weighted by Gasteiger charge is 2.20. The zero-order valence-electron chi connectivity index (χ0n) is 10.2. The monoisotopic (exact) mass is 259 g/mol. The van der Waals surface area contributed by atoms with E-state index in [0.29, 0.717) is 6.04 Å². The number of nitrogens with one attached hydrogen (secondary N) is 1. The van der Waals surface area contributed by atoms with Crippen molar-refractivity contribution in [2.24, 2.45) is 0 Å². The van der Waals surface area contributed by atoms with E-state index in [1.54, 1.807) is 11.3 Å². The molecule has 1 N–H and O–H groups in total. The highest BCUT2D eigenvalue weighted by atomic mass is 32.1. The third kappa shape index (κ3) is 2.77. The number of nitrogens with zero attached hydrogens (tertiary/aromatic N) is 2. The Hall–Kier alpha value is -1.23. The third-order valence-corrected chi connectivity index (χ3v) is 4.09. The summed E-state index contributed by atoms with van der Waals surface area (Å²) >= 11 is 1.74. The van der Waals surface area contributed by atoms with Gasteiger partial charge in [-0.1, -0.05) is 30.3 Å². The van der Waals surface area contributed by atoms with E-state index in [4.69, 9.17) is 0 Å². The van der Waals surface area contributed by atoms with Gasteiger partial charge in [-0.05, 0) is 5.56 Å². The average molecular weight is 259 g/mol. The predicted molar refractivity (Wildman–Crippen MR) is 74.6 cm³/mol. The van der Waals surface area contributed by atoms with Gasteiger partial charge in [-0.3, -0.25) is 9.88 Å². The normalized spacial score (nSPS) is 21.0. The van der Waals surface area contributed by atoms with Crippen LogP contribution in [-0.2, 0) is 6.54 Å². The molecule has 2 heterocycles. The third-order valence-electron chi connectivity index (χ3n) is 3.32. The molecule has 0 bridgehead atoms. The molecule has 1 atom stereocenters. The molecule has 3 rings (SSSR count). The van der Waals surface area contributed by atoms with Crippen LogP contribution in [0.15, 0.2) is 42.0 Å². The Morgan fingerprint density at radius 3 is 3.00 bits per heavy atom. The SMILES string of the molecule is c1ccc(C2CN(Cc3cncs3)CCN2)cc1. The van der Waals surface area contributed by atoms with Crippen molar-refractivity contribution in [2.75, 3.05) is 19.6 Å². The van der Waals surface area contributed by atoms with Crippen LogP contribution in [0, 0.1) is 0 Å². The molecule has 1 saturated heterocycles. The second kappa shape index (κ2) is 5.61. The van der Waals surface area contributed by atoms with Gasteiger partial charge in [0.2, 0.25) is 0 Å². The number of hydrogen-bond acceptors (Lipinski definition) is 4. The lowest BCUT2D eigenvalue weighted by Gasteiger charge is -2.33. The van der Waals surface area contributed by atoms with Gasteiger partial charge in [0.15, 0.2) is 0 Å². The number of aromatic nitrogens is 1. The second-order valence-corrected chi connectivity index (χ2v) is 5.59. The summed E-state index contributed by atoms with van der Waals surface area (Å²) in [6, 6.07) is 11.1. The van der Waals surface area contributed by atoms with Crippen molar-refractivity contribution in [3.05, 3.63) is 52.5 Å². The lowest BCUT2D eigenvalue weighted by molar-refractivity contribution is 0.194. The summed E-state index contributed by atoms with van der Waals surface area (Å²) in [5, 5.41) is 3.59. The van der Waals surface area contributed by atoms with Crippen LogP contribution in [0.1, 0.15) is 16.5 Å². The van der Waals surface area contributed by atoms with Gasteiger partial charge in [0.05, 0.1) is 5.51 Å². The second-order valence-electron chi connectivity index (χ2n) is 4.62. The molecule has 2 aromatic rings. The smallest absolute Gasteiger partial charge is 0.0794 e. The standard InChI is InChI=1S/C14H17N3S/c1-2-4-12(5-3-1)14-10-17(7-6-16-14)9-13-8-15-11-18-13/h1-5,8,11,14,16H,6-7,9-10H2. The molecular weight excluding hydrogens is 242 g/mol. The number of rotatable bonds is 3. The first-order chi connectivity index (χ1) is 8.92. The van der Waals surface area contributed by atoms with Crippen molar-refractivity contribution in [2.45, 2.75) is 12.6 Å². The molecule has 1 aliphatic rings. The Bertz CT molecular complexity index is 469. The van der Waals surface area contributed by atoms with Gasteiger partial charge in [0.25, 0.3) is 0 Å². The first kappa shape index (κ1) is 11.8. The van der Waals surface area contributed by atoms with Crippen LogP contribution in [0.25, 0.3) is 0 Å². The molecule has 94 valence electrons. The van der Waals surface area contributed by atoms with E-state index in [0.717, 1.165) is 26.2 Å². The number of thiazole rings is 1. The Labute approximate surface area is 111 Å². The summed E-state index contributed by atoms with van der Waals surface area (Å²) in [5.41, 5.74) is 3.29. The van der Waals surface area contributed by atoms with Crippen LogP contribution < -0.4 is 5.32 Å². The highest BCUT2D eigenvalue weighted by molar-refractivity contribution is 7.09. The van der Waals surface area contributed by atoms with Crippen LogP contribution in [0.3, 0.4) is 0 Å². The van der Waals surface area contributed by atoms with Crippen molar-refractivity contribution in [3.63, 3.8) is 0 Å². The van der Waals surface area contributed by atoms with Crippen LogP contribution in [-0.4, -0.2) is 29.5 Å². The number of piperazine rings is 1. The van der Waals surface area contributed by atoms with Gasteiger partial charge < -0.3 is 5.32 Å². The van der Waals surface area contributed by atoms with Gasteiger partial charge in [-0.15, -0.1) is 11.3 Å². The molecular formula is C14H17N3S. The maximum absolute atomic E-state index is 4.14. The molecule has 1 unspecified atom stereocenters. The van der Waals surface area contributed by atoms with E-state index in [1.165, 1.54) is 10.4 Å². The Morgan fingerprint density at radius 1 is 1.33 bits per heavy atom.